The molecule has 2 aromatic carbocycles. The first kappa shape index (κ1) is 11.6. The molecule has 0 aliphatic heterocycles. The van der Waals surface area contributed by atoms with Gasteiger partial charge < -0.3 is 0 Å². The van der Waals surface area contributed by atoms with Crippen LogP contribution in [0, 0.1) is 6.92 Å². The third kappa shape index (κ3) is 2.62. The lowest BCUT2D eigenvalue weighted by atomic mass is 9.97. The van der Waals surface area contributed by atoms with Crippen LogP contribution in [0.3, 0.4) is 0 Å². The molecular formula is C16H15F. The van der Waals surface area contributed by atoms with Crippen molar-refractivity contribution >= 4 is 5.57 Å². The molecule has 0 aromatic heterocycles. The van der Waals surface area contributed by atoms with Crippen molar-refractivity contribution in [3.8, 4) is 0 Å². The molecule has 0 saturated carbocycles. The molecule has 0 nitrogen and oxygen atoms in total. The molecule has 17 heavy (non-hydrogen) atoms. The molecule has 0 fully saturated rings. The highest BCUT2D eigenvalue weighted by Gasteiger charge is 2.14. The molecule has 2 aromatic rings. The van der Waals surface area contributed by atoms with E-state index in [0.29, 0.717) is 11.1 Å². The number of hydrogen-bond donors (Lipinski definition) is 0. The van der Waals surface area contributed by atoms with Crippen molar-refractivity contribution in [2.45, 2.75) is 13.1 Å². The Kier molecular flexibility index (Phi) is 3.38. The van der Waals surface area contributed by atoms with E-state index in [0.717, 1.165) is 11.1 Å². The number of benzene rings is 2. The summed E-state index contributed by atoms with van der Waals surface area (Å²) in [5.74, 6) is 0. The van der Waals surface area contributed by atoms with Gasteiger partial charge in [0.15, 0.2) is 6.17 Å². The zero-order chi connectivity index (χ0) is 12.3. The Morgan fingerprint density at radius 1 is 1.00 bits per heavy atom. The molecule has 0 heterocycles. The van der Waals surface area contributed by atoms with Crippen molar-refractivity contribution in [1.29, 1.82) is 0 Å². The highest BCUT2D eigenvalue weighted by Crippen LogP contribution is 2.31. The van der Waals surface area contributed by atoms with Crippen molar-refractivity contribution in [3.63, 3.8) is 0 Å². The van der Waals surface area contributed by atoms with Gasteiger partial charge in [0.05, 0.1) is 0 Å². The van der Waals surface area contributed by atoms with Crippen LogP contribution in [0.4, 0.5) is 4.39 Å². The highest BCUT2D eigenvalue weighted by atomic mass is 19.1. The number of halogens is 1. The summed E-state index contributed by atoms with van der Waals surface area (Å²) < 4.78 is 14.2. The average molecular weight is 226 g/mol. The molecule has 1 heteroatoms. The summed E-state index contributed by atoms with van der Waals surface area (Å²) in [5.41, 5.74) is 3.14. The molecule has 0 N–H and O–H groups in total. The summed E-state index contributed by atoms with van der Waals surface area (Å²) in [6.07, 6.45) is -1.14. The topological polar surface area (TPSA) is 0 Å². The Bertz CT molecular complexity index is 497. The first-order valence-electron chi connectivity index (χ1n) is 5.63. The van der Waals surface area contributed by atoms with Gasteiger partial charge in [-0.3, -0.25) is 0 Å². The second kappa shape index (κ2) is 4.96. The minimum atomic E-state index is -1.14. The third-order valence-corrected chi connectivity index (χ3v) is 2.82. The zero-order valence-electron chi connectivity index (χ0n) is 9.86. The lowest BCUT2D eigenvalue weighted by Gasteiger charge is -2.12. The molecule has 1 atom stereocenters. The molecule has 0 saturated heterocycles. The molecule has 0 amide bonds. The molecule has 0 radical (unpaired) electrons. The summed E-state index contributed by atoms with van der Waals surface area (Å²) in [6, 6.07) is 16.9. The predicted molar refractivity (Wildman–Crippen MR) is 70.5 cm³/mol. The monoisotopic (exact) mass is 226 g/mol. The van der Waals surface area contributed by atoms with E-state index in [2.05, 4.69) is 6.58 Å². The average Bonchev–Trinajstić information content (AvgIpc) is 2.39. The SMILES string of the molecule is C=C(c1ccccc1)C(F)c1ccc(C)cc1. The van der Waals surface area contributed by atoms with Crippen molar-refractivity contribution < 1.29 is 4.39 Å². The Labute approximate surface area is 101 Å². The standard InChI is InChI=1S/C16H15F/c1-12-8-10-15(11-9-12)16(17)13(2)14-6-4-3-5-7-14/h3-11,16H,2H2,1H3. The van der Waals surface area contributed by atoms with Crippen LogP contribution in [0.25, 0.3) is 5.57 Å². The second-order valence-corrected chi connectivity index (χ2v) is 4.16. The first-order valence-corrected chi connectivity index (χ1v) is 5.63. The zero-order valence-corrected chi connectivity index (χ0v) is 9.86. The summed E-state index contributed by atoms with van der Waals surface area (Å²) in [7, 11) is 0. The van der Waals surface area contributed by atoms with Gasteiger partial charge >= 0.3 is 0 Å². The maximum atomic E-state index is 14.2. The van der Waals surface area contributed by atoms with E-state index < -0.39 is 6.17 Å². The van der Waals surface area contributed by atoms with Crippen LogP contribution in [0.1, 0.15) is 22.9 Å². The molecule has 2 rings (SSSR count). The molecule has 0 aliphatic carbocycles. The number of alkyl halides is 1. The van der Waals surface area contributed by atoms with Crippen LogP contribution < -0.4 is 0 Å². The van der Waals surface area contributed by atoms with E-state index in [1.54, 1.807) is 0 Å². The van der Waals surface area contributed by atoms with Crippen LogP contribution in [0.15, 0.2) is 61.2 Å². The fraction of sp³-hybridized carbons (Fsp3) is 0.125. The van der Waals surface area contributed by atoms with Crippen LogP contribution in [0.2, 0.25) is 0 Å². The lowest BCUT2D eigenvalue weighted by Crippen LogP contribution is -1.95. The van der Waals surface area contributed by atoms with E-state index in [4.69, 9.17) is 0 Å². The van der Waals surface area contributed by atoms with Crippen molar-refractivity contribution in [3.05, 3.63) is 77.9 Å². The van der Waals surface area contributed by atoms with E-state index in [1.165, 1.54) is 0 Å². The lowest BCUT2D eigenvalue weighted by molar-refractivity contribution is 0.427. The van der Waals surface area contributed by atoms with Crippen LogP contribution in [-0.4, -0.2) is 0 Å². The maximum absolute atomic E-state index is 14.2. The van der Waals surface area contributed by atoms with E-state index in [-0.39, 0.29) is 0 Å². The van der Waals surface area contributed by atoms with Crippen LogP contribution >= 0.6 is 0 Å². The van der Waals surface area contributed by atoms with Gasteiger partial charge in [-0.1, -0.05) is 66.7 Å². The van der Waals surface area contributed by atoms with Gasteiger partial charge in [-0.2, -0.15) is 0 Å². The van der Waals surface area contributed by atoms with Gasteiger partial charge in [-0.15, -0.1) is 0 Å². The summed E-state index contributed by atoms with van der Waals surface area (Å²) in [6.45, 7) is 5.84. The van der Waals surface area contributed by atoms with E-state index >= 15 is 0 Å². The molecular weight excluding hydrogens is 211 g/mol. The summed E-state index contributed by atoms with van der Waals surface area (Å²) in [4.78, 5) is 0. The van der Waals surface area contributed by atoms with Crippen LogP contribution in [-0.2, 0) is 0 Å². The van der Waals surface area contributed by atoms with Gasteiger partial charge in [0.25, 0.3) is 0 Å². The third-order valence-electron chi connectivity index (χ3n) is 2.82. The predicted octanol–water partition coefficient (Wildman–Crippen LogP) is 4.72. The Morgan fingerprint density at radius 3 is 2.18 bits per heavy atom. The van der Waals surface area contributed by atoms with Crippen molar-refractivity contribution in [2.24, 2.45) is 0 Å². The Hall–Kier alpha value is -1.89. The number of hydrogen-bond acceptors (Lipinski definition) is 0. The number of rotatable bonds is 3. The van der Waals surface area contributed by atoms with Gasteiger partial charge in [-0.25, -0.2) is 4.39 Å². The van der Waals surface area contributed by atoms with E-state index in [9.17, 15) is 4.39 Å². The summed E-state index contributed by atoms with van der Waals surface area (Å²) in [5, 5.41) is 0. The fourth-order valence-corrected chi connectivity index (χ4v) is 1.74. The smallest absolute Gasteiger partial charge is 0.150 e. The van der Waals surface area contributed by atoms with Crippen LogP contribution in [0.5, 0.6) is 0 Å². The quantitative estimate of drug-likeness (QED) is 0.710. The van der Waals surface area contributed by atoms with Gasteiger partial charge in [0.2, 0.25) is 0 Å². The molecule has 1 unspecified atom stereocenters. The molecule has 0 aliphatic rings. The molecule has 86 valence electrons. The van der Waals surface area contributed by atoms with Crippen molar-refractivity contribution in [1.82, 2.24) is 0 Å². The summed E-state index contributed by atoms with van der Waals surface area (Å²) >= 11 is 0. The Balaban J connectivity index is 2.23. The largest absolute Gasteiger partial charge is 0.237 e. The molecule has 0 spiro atoms. The maximum Gasteiger partial charge on any atom is 0.150 e. The Morgan fingerprint density at radius 2 is 1.59 bits per heavy atom. The number of allylic oxidation sites excluding steroid dienone is 1. The van der Waals surface area contributed by atoms with Gasteiger partial charge in [0.1, 0.15) is 0 Å². The normalized spacial score (nSPS) is 12.1. The minimum Gasteiger partial charge on any atom is -0.237 e. The number of aryl methyl sites for hydroxylation is 1. The highest BCUT2D eigenvalue weighted by molar-refractivity contribution is 5.68. The van der Waals surface area contributed by atoms with Gasteiger partial charge in [-0.05, 0) is 23.6 Å². The van der Waals surface area contributed by atoms with Gasteiger partial charge in [0, 0.05) is 0 Å². The fourth-order valence-electron chi connectivity index (χ4n) is 1.74. The molecule has 0 bridgehead atoms. The van der Waals surface area contributed by atoms with Crippen molar-refractivity contribution in [2.75, 3.05) is 0 Å². The van der Waals surface area contributed by atoms with E-state index in [1.807, 2.05) is 61.5 Å². The minimum absolute atomic E-state index is 0.509. The first-order chi connectivity index (χ1) is 8.18. The second-order valence-electron chi connectivity index (χ2n) is 4.16.